The molecule has 4 nitrogen and oxygen atoms in total. The summed E-state index contributed by atoms with van der Waals surface area (Å²) in [6, 6.07) is 4.87. The van der Waals surface area contributed by atoms with Crippen molar-refractivity contribution >= 4 is 5.82 Å². The molecule has 1 saturated heterocycles. The Morgan fingerprint density at radius 1 is 1.50 bits per heavy atom. The van der Waals surface area contributed by atoms with Crippen LogP contribution in [0.2, 0.25) is 0 Å². The van der Waals surface area contributed by atoms with Gasteiger partial charge in [-0.15, -0.1) is 0 Å². The second-order valence-corrected chi connectivity index (χ2v) is 5.26. The number of likely N-dealkylation sites (N-methyl/N-ethyl adjacent to an activating group) is 1. The lowest BCUT2D eigenvalue weighted by molar-refractivity contribution is 0.128. The molecule has 2 heterocycles. The maximum absolute atomic E-state index is 4.37. The Kier molecular flexibility index (Phi) is 4.55. The molecule has 1 aliphatic rings. The van der Waals surface area contributed by atoms with E-state index >= 15 is 0 Å². The van der Waals surface area contributed by atoms with Crippen LogP contribution in [0.4, 0.5) is 5.82 Å². The van der Waals surface area contributed by atoms with Crippen molar-refractivity contribution in [3.8, 4) is 0 Å². The lowest BCUT2D eigenvalue weighted by Crippen LogP contribution is -2.44. The molecule has 0 saturated carbocycles. The number of hydrogen-bond donors (Lipinski definition) is 1. The van der Waals surface area contributed by atoms with Crippen molar-refractivity contribution < 1.29 is 0 Å². The minimum Gasteiger partial charge on any atom is -0.373 e. The van der Waals surface area contributed by atoms with Gasteiger partial charge in [-0.1, -0.05) is 6.07 Å². The molecule has 2 rings (SSSR count). The summed E-state index contributed by atoms with van der Waals surface area (Å²) < 4.78 is 0. The molecule has 0 bridgehead atoms. The van der Waals surface area contributed by atoms with Crippen molar-refractivity contribution in [1.29, 1.82) is 0 Å². The van der Waals surface area contributed by atoms with E-state index in [-0.39, 0.29) is 0 Å². The molecule has 1 fully saturated rings. The summed E-state index contributed by atoms with van der Waals surface area (Å²) >= 11 is 0. The molecule has 100 valence electrons. The van der Waals surface area contributed by atoms with Crippen molar-refractivity contribution in [2.75, 3.05) is 39.5 Å². The highest BCUT2D eigenvalue weighted by Crippen LogP contribution is 2.19. The van der Waals surface area contributed by atoms with Gasteiger partial charge in [-0.3, -0.25) is 4.90 Å². The van der Waals surface area contributed by atoms with Crippen molar-refractivity contribution in [2.45, 2.75) is 25.4 Å². The number of aromatic nitrogens is 1. The van der Waals surface area contributed by atoms with Crippen LogP contribution in [0.3, 0.4) is 0 Å². The van der Waals surface area contributed by atoms with Gasteiger partial charge in [0.15, 0.2) is 0 Å². The van der Waals surface area contributed by atoms with Crippen LogP contribution in [-0.2, 0) is 6.54 Å². The molecule has 0 radical (unpaired) electrons. The third-order valence-electron chi connectivity index (χ3n) is 3.73. The van der Waals surface area contributed by atoms with Crippen molar-refractivity contribution in [1.82, 2.24) is 14.8 Å². The van der Waals surface area contributed by atoms with Crippen LogP contribution in [0.5, 0.6) is 0 Å². The molecular weight excluding hydrogens is 224 g/mol. The first-order chi connectivity index (χ1) is 8.70. The second kappa shape index (κ2) is 6.16. The molecule has 1 N–H and O–H groups in total. The molecule has 4 heteroatoms. The van der Waals surface area contributed by atoms with Gasteiger partial charge in [0.25, 0.3) is 0 Å². The maximum Gasteiger partial charge on any atom is 0.130 e. The van der Waals surface area contributed by atoms with Crippen molar-refractivity contribution in [3.05, 3.63) is 23.9 Å². The first-order valence-corrected chi connectivity index (χ1v) is 6.71. The molecule has 0 spiro atoms. The van der Waals surface area contributed by atoms with Gasteiger partial charge in [-0.2, -0.15) is 0 Å². The Morgan fingerprint density at radius 2 is 2.33 bits per heavy atom. The van der Waals surface area contributed by atoms with Crippen LogP contribution in [0.25, 0.3) is 0 Å². The Labute approximate surface area is 110 Å². The van der Waals surface area contributed by atoms with Crippen LogP contribution in [0, 0.1) is 0 Å². The fourth-order valence-corrected chi connectivity index (χ4v) is 2.63. The molecule has 1 aromatic heterocycles. The zero-order valence-electron chi connectivity index (χ0n) is 11.7. The van der Waals surface area contributed by atoms with Gasteiger partial charge < -0.3 is 10.2 Å². The van der Waals surface area contributed by atoms with Gasteiger partial charge in [0.2, 0.25) is 0 Å². The van der Waals surface area contributed by atoms with Crippen molar-refractivity contribution in [2.24, 2.45) is 0 Å². The van der Waals surface area contributed by atoms with E-state index in [0.717, 1.165) is 18.9 Å². The van der Waals surface area contributed by atoms with E-state index < -0.39 is 0 Å². The van der Waals surface area contributed by atoms with E-state index in [1.54, 1.807) is 0 Å². The van der Waals surface area contributed by atoms with E-state index in [4.69, 9.17) is 0 Å². The van der Waals surface area contributed by atoms with Gasteiger partial charge in [0.05, 0.1) is 0 Å². The van der Waals surface area contributed by atoms with Gasteiger partial charge >= 0.3 is 0 Å². The highest BCUT2D eigenvalue weighted by atomic mass is 15.2. The SMILES string of the molecule is CNc1ncccc1CN1CCCC(N(C)C)C1. The van der Waals surface area contributed by atoms with E-state index in [9.17, 15) is 0 Å². The highest BCUT2D eigenvalue weighted by Gasteiger charge is 2.21. The Balaban J connectivity index is 2.00. The van der Waals surface area contributed by atoms with Gasteiger partial charge in [0.1, 0.15) is 5.82 Å². The van der Waals surface area contributed by atoms with Gasteiger partial charge in [-0.25, -0.2) is 4.98 Å². The molecule has 1 unspecified atom stereocenters. The number of rotatable bonds is 4. The van der Waals surface area contributed by atoms with Crippen molar-refractivity contribution in [3.63, 3.8) is 0 Å². The first kappa shape index (κ1) is 13.3. The zero-order chi connectivity index (χ0) is 13.0. The monoisotopic (exact) mass is 248 g/mol. The van der Waals surface area contributed by atoms with Crippen LogP contribution < -0.4 is 5.32 Å². The summed E-state index contributed by atoms with van der Waals surface area (Å²) in [5.41, 5.74) is 1.29. The lowest BCUT2D eigenvalue weighted by Gasteiger charge is -2.36. The van der Waals surface area contributed by atoms with E-state index in [0.29, 0.717) is 6.04 Å². The smallest absolute Gasteiger partial charge is 0.130 e. The fourth-order valence-electron chi connectivity index (χ4n) is 2.63. The average Bonchev–Trinajstić information content (AvgIpc) is 2.39. The molecule has 1 atom stereocenters. The topological polar surface area (TPSA) is 31.4 Å². The number of pyridine rings is 1. The lowest BCUT2D eigenvalue weighted by atomic mass is 10.0. The standard InChI is InChI=1S/C14H24N4/c1-15-14-12(6-4-8-16-14)10-18-9-5-7-13(11-18)17(2)3/h4,6,8,13H,5,7,9-11H2,1-3H3,(H,15,16). The Morgan fingerprint density at radius 3 is 3.06 bits per heavy atom. The number of likely N-dealkylation sites (tertiary alicyclic amines) is 1. The largest absolute Gasteiger partial charge is 0.373 e. The summed E-state index contributed by atoms with van der Waals surface area (Å²) in [5, 5.41) is 3.17. The summed E-state index contributed by atoms with van der Waals surface area (Å²) in [6.45, 7) is 3.35. The van der Waals surface area contributed by atoms with Gasteiger partial charge in [0, 0.05) is 37.9 Å². The minimum atomic E-state index is 0.688. The van der Waals surface area contributed by atoms with Gasteiger partial charge in [-0.05, 0) is 39.5 Å². The first-order valence-electron chi connectivity index (χ1n) is 6.71. The predicted molar refractivity (Wildman–Crippen MR) is 75.8 cm³/mol. The normalized spacial score (nSPS) is 21.2. The van der Waals surface area contributed by atoms with E-state index in [2.05, 4.69) is 40.3 Å². The molecule has 1 aromatic rings. The predicted octanol–water partition coefficient (Wildman–Crippen LogP) is 1.65. The highest BCUT2D eigenvalue weighted by molar-refractivity contribution is 5.42. The molecule has 0 aromatic carbocycles. The number of piperidine rings is 1. The summed E-state index contributed by atoms with van der Waals surface area (Å²) in [6.07, 6.45) is 4.45. The third kappa shape index (κ3) is 3.21. The number of anilines is 1. The molecule has 0 aliphatic carbocycles. The van der Waals surface area contributed by atoms with Crippen LogP contribution in [0.1, 0.15) is 18.4 Å². The van der Waals surface area contributed by atoms with E-state index in [1.807, 2.05) is 19.3 Å². The summed E-state index contributed by atoms with van der Waals surface area (Å²) in [4.78, 5) is 9.24. The molecule has 0 amide bonds. The summed E-state index contributed by atoms with van der Waals surface area (Å²) in [7, 11) is 6.29. The summed E-state index contributed by atoms with van der Waals surface area (Å²) in [5.74, 6) is 1.00. The fraction of sp³-hybridized carbons (Fsp3) is 0.643. The number of hydrogen-bond acceptors (Lipinski definition) is 4. The number of nitrogens with one attached hydrogen (secondary N) is 1. The van der Waals surface area contributed by atoms with Crippen LogP contribution in [-0.4, -0.2) is 55.1 Å². The van der Waals surface area contributed by atoms with Crippen LogP contribution in [0.15, 0.2) is 18.3 Å². The van der Waals surface area contributed by atoms with Crippen LogP contribution >= 0.6 is 0 Å². The quantitative estimate of drug-likeness (QED) is 0.878. The zero-order valence-corrected chi connectivity index (χ0v) is 11.7. The second-order valence-electron chi connectivity index (χ2n) is 5.26. The maximum atomic E-state index is 4.37. The number of nitrogens with zero attached hydrogens (tertiary/aromatic N) is 3. The Hall–Kier alpha value is -1.13. The van der Waals surface area contributed by atoms with E-state index in [1.165, 1.54) is 24.9 Å². The minimum absolute atomic E-state index is 0.688. The molecular formula is C14H24N4. The third-order valence-corrected chi connectivity index (χ3v) is 3.73. The molecule has 1 aliphatic heterocycles. The average molecular weight is 248 g/mol. The molecule has 18 heavy (non-hydrogen) atoms. The Bertz CT molecular complexity index is 378.